The van der Waals surface area contributed by atoms with Crippen molar-refractivity contribution in [3.63, 3.8) is 0 Å². The van der Waals surface area contributed by atoms with Gasteiger partial charge in [-0.2, -0.15) is 0 Å². The minimum absolute atomic E-state index is 0.0505. The first-order valence-corrected chi connectivity index (χ1v) is 9.10. The molecule has 0 aromatic heterocycles. The Morgan fingerprint density at radius 3 is 2.43 bits per heavy atom. The van der Waals surface area contributed by atoms with Gasteiger partial charge in [0.25, 0.3) is 0 Å². The molecule has 122 valence electrons. The maximum Gasteiger partial charge on any atom is 0.317 e. The molecule has 2 amide bonds. The highest BCUT2D eigenvalue weighted by Gasteiger charge is 2.45. The molecule has 8 heteroatoms. The van der Waals surface area contributed by atoms with E-state index in [2.05, 4.69) is 5.32 Å². The van der Waals surface area contributed by atoms with Gasteiger partial charge in [-0.05, 0) is 24.7 Å². The van der Waals surface area contributed by atoms with Crippen LogP contribution in [0.15, 0.2) is 0 Å². The molecule has 2 fully saturated rings. The highest BCUT2D eigenvalue weighted by Crippen LogP contribution is 2.41. The summed E-state index contributed by atoms with van der Waals surface area (Å²) < 4.78 is 30.3. The molecular weight excluding hydrogens is 294 g/mol. The fourth-order valence-electron chi connectivity index (χ4n) is 3.16. The quantitative estimate of drug-likeness (QED) is 0.782. The molecule has 0 aromatic carbocycles. The molecule has 0 radical (unpaired) electrons. The van der Waals surface area contributed by atoms with E-state index in [1.54, 1.807) is 14.1 Å². The molecule has 0 unspecified atom stereocenters. The van der Waals surface area contributed by atoms with Crippen molar-refractivity contribution in [2.75, 3.05) is 46.7 Å². The van der Waals surface area contributed by atoms with Gasteiger partial charge < -0.3 is 15.0 Å². The average Bonchev–Trinajstić information content (AvgIpc) is 2.41. The highest BCUT2D eigenvalue weighted by molar-refractivity contribution is 7.88. The van der Waals surface area contributed by atoms with E-state index in [0.717, 1.165) is 19.3 Å². The topological polar surface area (TPSA) is 79.0 Å². The summed E-state index contributed by atoms with van der Waals surface area (Å²) in [5.41, 5.74) is -0.0505. The number of carbonyl (C=O) groups is 1. The van der Waals surface area contributed by atoms with Gasteiger partial charge in [0.15, 0.2) is 0 Å². The Labute approximate surface area is 126 Å². The van der Waals surface area contributed by atoms with E-state index in [4.69, 9.17) is 4.74 Å². The summed E-state index contributed by atoms with van der Waals surface area (Å²) in [5, 5.41) is 3.03. The van der Waals surface area contributed by atoms with Gasteiger partial charge in [-0.1, -0.05) is 0 Å². The van der Waals surface area contributed by atoms with Crippen molar-refractivity contribution in [3.05, 3.63) is 0 Å². The number of amides is 2. The van der Waals surface area contributed by atoms with Crippen molar-refractivity contribution >= 4 is 16.1 Å². The summed E-state index contributed by atoms with van der Waals surface area (Å²) in [6.45, 7) is 2.21. The SMILES string of the molecule is CN(C)C(=O)N[C@@H]1COCCC12CCN(S(C)(=O)=O)CC2. The van der Waals surface area contributed by atoms with Crippen LogP contribution in [-0.4, -0.2) is 76.4 Å². The molecule has 2 rings (SSSR count). The Kier molecular flexibility index (Phi) is 4.79. The molecule has 1 N–H and O–H groups in total. The van der Waals surface area contributed by atoms with E-state index >= 15 is 0 Å². The van der Waals surface area contributed by atoms with Gasteiger partial charge in [0.05, 0.1) is 18.9 Å². The Morgan fingerprint density at radius 1 is 1.29 bits per heavy atom. The minimum atomic E-state index is -3.13. The molecule has 1 atom stereocenters. The van der Waals surface area contributed by atoms with Crippen molar-refractivity contribution in [2.45, 2.75) is 25.3 Å². The molecular formula is C13H25N3O4S. The second-order valence-corrected chi connectivity index (χ2v) is 8.23. The number of hydrogen-bond donors (Lipinski definition) is 1. The van der Waals surface area contributed by atoms with Crippen molar-refractivity contribution < 1.29 is 17.9 Å². The molecule has 0 bridgehead atoms. The monoisotopic (exact) mass is 319 g/mol. The fourth-order valence-corrected chi connectivity index (χ4v) is 4.01. The highest BCUT2D eigenvalue weighted by atomic mass is 32.2. The van der Waals surface area contributed by atoms with E-state index in [-0.39, 0.29) is 17.5 Å². The number of nitrogens with one attached hydrogen (secondary N) is 1. The number of carbonyl (C=O) groups excluding carboxylic acids is 1. The molecule has 2 aliphatic rings. The van der Waals surface area contributed by atoms with Crippen LogP contribution in [0.25, 0.3) is 0 Å². The van der Waals surface area contributed by atoms with Crippen molar-refractivity contribution in [1.82, 2.24) is 14.5 Å². The summed E-state index contributed by atoms with van der Waals surface area (Å²) in [5.74, 6) is 0. The molecule has 2 aliphatic heterocycles. The lowest BCUT2D eigenvalue weighted by molar-refractivity contribution is -0.0386. The van der Waals surface area contributed by atoms with Gasteiger partial charge in [-0.25, -0.2) is 17.5 Å². The summed E-state index contributed by atoms with van der Waals surface area (Å²) in [6.07, 6.45) is 3.65. The summed E-state index contributed by atoms with van der Waals surface area (Å²) >= 11 is 0. The summed E-state index contributed by atoms with van der Waals surface area (Å²) in [4.78, 5) is 13.4. The summed E-state index contributed by atoms with van der Waals surface area (Å²) in [6, 6.07) is -0.182. The molecule has 21 heavy (non-hydrogen) atoms. The zero-order valence-electron chi connectivity index (χ0n) is 13.0. The second-order valence-electron chi connectivity index (χ2n) is 6.25. The van der Waals surface area contributed by atoms with Crippen LogP contribution < -0.4 is 5.32 Å². The lowest BCUT2D eigenvalue weighted by Gasteiger charge is -2.48. The standard InChI is InChI=1S/C13H25N3O4S/c1-15(2)12(17)14-11-10-20-9-6-13(11)4-7-16(8-5-13)21(3,18)19/h11H,4-10H2,1-3H3,(H,14,17)/t11-/m1/s1. The molecule has 0 aliphatic carbocycles. The molecule has 0 saturated carbocycles. The summed E-state index contributed by atoms with van der Waals surface area (Å²) in [7, 11) is 0.284. The number of rotatable bonds is 2. The lowest BCUT2D eigenvalue weighted by Crippen LogP contribution is -2.59. The fraction of sp³-hybridized carbons (Fsp3) is 0.923. The van der Waals surface area contributed by atoms with E-state index < -0.39 is 10.0 Å². The van der Waals surface area contributed by atoms with Gasteiger partial charge in [-0.15, -0.1) is 0 Å². The van der Waals surface area contributed by atoms with Crippen LogP contribution in [0.5, 0.6) is 0 Å². The smallest absolute Gasteiger partial charge is 0.317 e. The second kappa shape index (κ2) is 6.10. The first kappa shape index (κ1) is 16.5. The zero-order chi connectivity index (χ0) is 15.7. The predicted octanol–water partition coefficient (Wildman–Crippen LogP) is 0.0883. The Morgan fingerprint density at radius 2 is 1.90 bits per heavy atom. The van der Waals surface area contributed by atoms with Gasteiger partial charge in [0.1, 0.15) is 0 Å². The number of hydrogen-bond acceptors (Lipinski definition) is 4. The van der Waals surface area contributed by atoms with Crippen molar-refractivity contribution in [1.29, 1.82) is 0 Å². The third kappa shape index (κ3) is 3.67. The largest absolute Gasteiger partial charge is 0.379 e. The predicted molar refractivity (Wildman–Crippen MR) is 79.5 cm³/mol. The van der Waals surface area contributed by atoms with E-state index in [0.29, 0.717) is 26.3 Å². The number of nitrogens with zero attached hydrogens (tertiary/aromatic N) is 2. The van der Waals surface area contributed by atoms with Gasteiger partial charge in [0, 0.05) is 33.8 Å². The third-order valence-electron chi connectivity index (χ3n) is 4.66. The molecule has 0 aromatic rings. The minimum Gasteiger partial charge on any atom is -0.379 e. The van der Waals surface area contributed by atoms with Gasteiger partial charge in [0.2, 0.25) is 10.0 Å². The normalized spacial score (nSPS) is 26.5. The van der Waals surface area contributed by atoms with Crippen LogP contribution >= 0.6 is 0 Å². The van der Waals surface area contributed by atoms with Crippen LogP contribution in [0, 0.1) is 5.41 Å². The number of urea groups is 1. The Hall–Kier alpha value is -0.860. The number of sulfonamides is 1. The van der Waals surface area contributed by atoms with E-state index in [1.807, 2.05) is 0 Å². The van der Waals surface area contributed by atoms with Crippen molar-refractivity contribution in [3.8, 4) is 0 Å². The van der Waals surface area contributed by atoms with Crippen molar-refractivity contribution in [2.24, 2.45) is 5.41 Å². The van der Waals surface area contributed by atoms with Crippen LogP contribution in [0.4, 0.5) is 4.79 Å². The van der Waals surface area contributed by atoms with Crippen LogP contribution in [0.3, 0.4) is 0 Å². The third-order valence-corrected chi connectivity index (χ3v) is 5.96. The maximum absolute atomic E-state index is 11.9. The Bertz CT molecular complexity index is 484. The molecule has 7 nitrogen and oxygen atoms in total. The van der Waals surface area contributed by atoms with Crippen LogP contribution in [0.2, 0.25) is 0 Å². The van der Waals surface area contributed by atoms with Crippen LogP contribution in [-0.2, 0) is 14.8 Å². The number of piperidine rings is 1. The first-order chi connectivity index (χ1) is 9.74. The first-order valence-electron chi connectivity index (χ1n) is 7.25. The van der Waals surface area contributed by atoms with E-state index in [9.17, 15) is 13.2 Å². The van der Waals surface area contributed by atoms with Gasteiger partial charge in [-0.3, -0.25) is 0 Å². The Balaban J connectivity index is 2.07. The average molecular weight is 319 g/mol. The molecule has 1 spiro atoms. The molecule has 2 heterocycles. The lowest BCUT2D eigenvalue weighted by atomic mass is 9.69. The van der Waals surface area contributed by atoms with Gasteiger partial charge >= 0.3 is 6.03 Å². The molecule has 2 saturated heterocycles. The number of ether oxygens (including phenoxy) is 1. The zero-order valence-corrected chi connectivity index (χ0v) is 13.8. The van der Waals surface area contributed by atoms with Crippen LogP contribution in [0.1, 0.15) is 19.3 Å². The maximum atomic E-state index is 11.9. The van der Waals surface area contributed by atoms with E-state index in [1.165, 1.54) is 15.5 Å².